The van der Waals surface area contributed by atoms with Crippen LogP contribution in [0.2, 0.25) is 0 Å². The highest BCUT2D eigenvalue weighted by molar-refractivity contribution is 5.85. The number of amides is 1. The summed E-state index contributed by atoms with van der Waals surface area (Å²) in [5.74, 6) is 0. The van der Waals surface area contributed by atoms with Gasteiger partial charge in [-0.3, -0.25) is 5.32 Å². The van der Waals surface area contributed by atoms with E-state index in [1.54, 1.807) is 33.8 Å². The van der Waals surface area contributed by atoms with Gasteiger partial charge in [-0.15, -0.1) is 0 Å². The molecule has 1 amide bonds. The van der Waals surface area contributed by atoms with E-state index in [0.717, 1.165) is 0 Å². The molecule has 0 aliphatic carbocycles. The zero-order chi connectivity index (χ0) is 17.1. The topological polar surface area (TPSA) is 64.3 Å². The van der Waals surface area contributed by atoms with E-state index in [0.29, 0.717) is 16.8 Å². The lowest BCUT2D eigenvalue weighted by atomic mass is 10.0. The van der Waals surface area contributed by atoms with Crippen molar-refractivity contribution in [1.82, 2.24) is 0 Å². The fourth-order valence-electron chi connectivity index (χ4n) is 1.78. The van der Waals surface area contributed by atoms with Crippen LogP contribution in [0.5, 0.6) is 0 Å². The number of ether oxygens (including phenoxy) is 1. The third kappa shape index (κ3) is 5.93. The Hall–Kier alpha value is -1.76. The summed E-state index contributed by atoms with van der Waals surface area (Å²) < 4.78 is 42.5. The van der Waals surface area contributed by atoms with Crippen LogP contribution in [-0.2, 0) is 11.2 Å². The zero-order valence-corrected chi connectivity index (χ0v) is 13.0. The molecular formula is C15H21F3N2O2. The number of benzene rings is 1. The van der Waals surface area contributed by atoms with Gasteiger partial charge in [-0.05, 0) is 51.3 Å². The van der Waals surface area contributed by atoms with Crippen LogP contribution in [0.3, 0.4) is 0 Å². The van der Waals surface area contributed by atoms with E-state index in [1.165, 1.54) is 12.1 Å². The summed E-state index contributed by atoms with van der Waals surface area (Å²) in [7, 11) is 0. The smallest absolute Gasteiger partial charge is 0.412 e. The molecule has 0 bridgehead atoms. The minimum atomic E-state index is -4.43. The van der Waals surface area contributed by atoms with Crippen LogP contribution >= 0.6 is 0 Å². The summed E-state index contributed by atoms with van der Waals surface area (Å²) in [6.07, 6.45) is -5.35. The number of alkyl halides is 3. The molecule has 124 valence electrons. The number of halogens is 3. The second-order valence-corrected chi connectivity index (χ2v) is 6.13. The van der Waals surface area contributed by atoms with E-state index in [4.69, 9.17) is 10.5 Å². The maximum Gasteiger partial charge on any atom is 0.412 e. The molecule has 1 aromatic rings. The standard InChI is InChI=1S/C15H21F3N2O2/c1-9-7-10(8-12(19)15(16,17)18)5-6-11(9)20-13(21)22-14(2,3)4/h5-7,12H,8,19H2,1-4H3,(H,20,21). The van der Waals surface area contributed by atoms with Gasteiger partial charge in [0.25, 0.3) is 0 Å². The van der Waals surface area contributed by atoms with E-state index in [1.807, 2.05) is 0 Å². The van der Waals surface area contributed by atoms with Gasteiger partial charge in [0.15, 0.2) is 0 Å². The van der Waals surface area contributed by atoms with Gasteiger partial charge in [-0.2, -0.15) is 13.2 Å². The lowest BCUT2D eigenvalue weighted by molar-refractivity contribution is -0.147. The Labute approximate surface area is 127 Å². The van der Waals surface area contributed by atoms with E-state index in [-0.39, 0.29) is 6.42 Å². The monoisotopic (exact) mass is 318 g/mol. The number of hydrogen-bond donors (Lipinski definition) is 2. The molecule has 1 unspecified atom stereocenters. The predicted molar refractivity (Wildman–Crippen MR) is 78.8 cm³/mol. The number of nitrogens with one attached hydrogen (secondary N) is 1. The third-order valence-corrected chi connectivity index (χ3v) is 2.80. The lowest BCUT2D eigenvalue weighted by Crippen LogP contribution is -2.39. The molecule has 1 aromatic carbocycles. The number of rotatable bonds is 3. The Morgan fingerprint density at radius 1 is 1.32 bits per heavy atom. The molecule has 0 radical (unpaired) electrons. The normalized spacial score (nSPS) is 13.6. The maximum absolute atomic E-state index is 12.4. The van der Waals surface area contributed by atoms with Crippen molar-refractivity contribution in [3.8, 4) is 0 Å². The lowest BCUT2D eigenvalue weighted by Gasteiger charge is -2.20. The summed E-state index contributed by atoms with van der Waals surface area (Å²) in [5.41, 5.74) is 6.06. The highest BCUT2D eigenvalue weighted by atomic mass is 19.4. The van der Waals surface area contributed by atoms with Crippen molar-refractivity contribution in [1.29, 1.82) is 0 Å². The van der Waals surface area contributed by atoms with E-state index in [9.17, 15) is 18.0 Å². The molecule has 0 spiro atoms. The average molecular weight is 318 g/mol. The molecule has 0 fully saturated rings. The molecule has 7 heteroatoms. The first-order chi connectivity index (χ1) is 9.88. The molecule has 0 aliphatic rings. The summed E-state index contributed by atoms with van der Waals surface area (Å²) in [6, 6.07) is 2.71. The minimum absolute atomic E-state index is 0.308. The van der Waals surface area contributed by atoms with Gasteiger partial charge in [-0.1, -0.05) is 12.1 Å². The van der Waals surface area contributed by atoms with Crippen molar-refractivity contribution in [2.24, 2.45) is 5.73 Å². The number of aryl methyl sites for hydroxylation is 1. The van der Waals surface area contributed by atoms with Crippen molar-refractivity contribution in [3.05, 3.63) is 29.3 Å². The Bertz CT molecular complexity index is 537. The SMILES string of the molecule is Cc1cc(CC(N)C(F)(F)F)ccc1NC(=O)OC(C)(C)C. The quantitative estimate of drug-likeness (QED) is 0.891. The summed E-state index contributed by atoms with van der Waals surface area (Å²) in [6.45, 7) is 6.90. The van der Waals surface area contributed by atoms with Crippen LogP contribution < -0.4 is 11.1 Å². The van der Waals surface area contributed by atoms with Crippen molar-refractivity contribution in [3.63, 3.8) is 0 Å². The van der Waals surface area contributed by atoms with Crippen LogP contribution in [0.4, 0.5) is 23.7 Å². The van der Waals surface area contributed by atoms with Crippen molar-refractivity contribution < 1.29 is 22.7 Å². The Kier molecular flexibility index (Phi) is 5.45. The van der Waals surface area contributed by atoms with Gasteiger partial charge in [0.05, 0.1) is 0 Å². The molecular weight excluding hydrogens is 297 g/mol. The largest absolute Gasteiger partial charge is 0.444 e. The first kappa shape index (κ1) is 18.3. The second kappa shape index (κ2) is 6.56. The second-order valence-electron chi connectivity index (χ2n) is 6.13. The highest BCUT2D eigenvalue weighted by Gasteiger charge is 2.36. The summed E-state index contributed by atoms with van der Waals surface area (Å²) >= 11 is 0. The molecule has 4 nitrogen and oxygen atoms in total. The molecule has 0 saturated carbocycles. The van der Waals surface area contributed by atoms with Crippen LogP contribution in [-0.4, -0.2) is 23.9 Å². The molecule has 1 atom stereocenters. The van der Waals surface area contributed by atoms with Crippen LogP contribution in [0, 0.1) is 6.92 Å². The fraction of sp³-hybridized carbons (Fsp3) is 0.533. The molecule has 3 N–H and O–H groups in total. The number of carbonyl (C=O) groups is 1. The van der Waals surface area contributed by atoms with Crippen molar-refractivity contribution in [2.45, 2.75) is 51.9 Å². The Morgan fingerprint density at radius 3 is 2.36 bits per heavy atom. The van der Waals surface area contributed by atoms with Gasteiger partial charge in [-0.25, -0.2) is 4.79 Å². The molecule has 0 heterocycles. The van der Waals surface area contributed by atoms with Crippen LogP contribution in [0.1, 0.15) is 31.9 Å². The van der Waals surface area contributed by atoms with Crippen LogP contribution in [0.15, 0.2) is 18.2 Å². The summed E-state index contributed by atoms with van der Waals surface area (Å²) in [5, 5.41) is 2.56. The average Bonchev–Trinajstić information content (AvgIpc) is 2.29. The van der Waals surface area contributed by atoms with Gasteiger partial charge in [0.1, 0.15) is 11.6 Å². The predicted octanol–water partition coefficient (Wildman–Crippen LogP) is 3.77. The van der Waals surface area contributed by atoms with Gasteiger partial charge in [0, 0.05) is 5.69 Å². The molecule has 0 saturated heterocycles. The van der Waals surface area contributed by atoms with Crippen molar-refractivity contribution in [2.75, 3.05) is 5.32 Å². The Morgan fingerprint density at radius 2 is 1.91 bits per heavy atom. The zero-order valence-electron chi connectivity index (χ0n) is 13.0. The maximum atomic E-state index is 12.4. The van der Waals surface area contributed by atoms with Gasteiger partial charge in [0.2, 0.25) is 0 Å². The number of carbonyl (C=O) groups excluding carboxylic acids is 1. The first-order valence-corrected chi connectivity index (χ1v) is 6.80. The highest BCUT2D eigenvalue weighted by Crippen LogP contribution is 2.24. The fourth-order valence-corrected chi connectivity index (χ4v) is 1.78. The Balaban J connectivity index is 2.76. The molecule has 0 aromatic heterocycles. The third-order valence-electron chi connectivity index (χ3n) is 2.80. The van der Waals surface area contributed by atoms with Gasteiger partial charge < -0.3 is 10.5 Å². The number of nitrogens with two attached hydrogens (primary N) is 1. The van der Waals surface area contributed by atoms with Crippen molar-refractivity contribution >= 4 is 11.8 Å². The summed E-state index contributed by atoms with van der Waals surface area (Å²) in [4.78, 5) is 11.7. The first-order valence-electron chi connectivity index (χ1n) is 6.80. The number of hydrogen-bond acceptors (Lipinski definition) is 3. The molecule has 22 heavy (non-hydrogen) atoms. The van der Waals surface area contributed by atoms with E-state index in [2.05, 4.69) is 5.32 Å². The van der Waals surface area contributed by atoms with E-state index >= 15 is 0 Å². The minimum Gasteiger partial charge on any atom is -0.444 e. The molecule has 1 rings (SSSR count). The number of anilines is 1. The van der Waals surface area contributed by atoms with E-state index < -0.39 is 23.9 Å². The van der Waals surface area contributed by atoms with Gasteiger partial charge >= 0.3 is 12.3 Å². The molecule has 0 aliphatic heterocycles. The van der Waals surface area contributed by atoms with Crippen LogP contribution in [0.25, 0.3) is 0 Å².